The van der Waals surface area contributed by atoms with Gasteiger partial charge in [0.05, 0.1) is 0 Å². The highest BCUT2D eigenvalue weighted by molar-refractivity contribution is 5.84. The van der Waals surface area contributed by atoms with Crippen LogP contribution in [0.3, 0.4) is 0 Å². The third-order valence-electron chi connectivity index (χ3n) is 0.641. The van der Waals surface area contributed by atoms with E-state index in [0.29, 0.717) is 6.61 Å². The zero-order valence-electron chi connectivity index (χ0n) is 6.75. The molecule has 0 aliphatic rings. The molecule has 0 rings (SSSR count). The first-order chi connectivity index (χ1) is 5.18. The quantitative estimate of drug-likeness (QED) is 0.347. The third-order valence-corrected chi connectivity index (χ3v) is 0.641. The van der Waals surface area contributed by atoms with E-state index in [-0.39, 0.29) is 6.79 Å². The number of nitrogens with two attached hydrogens (primary N) is 1. The number of amides is 1. The minimum atomic E-state index is -0.481. The summed E-state index contributed by atoms with van der Waals surface area (Å²) in [5.74, 6) is -0.481. The molecule has 66 valence electrons. The Balaban J connectivity index is 0. The number of hydrogen-bond acceptors (Lipinski definition) is 3. The predicted octanol–water partition coefficient (Wildman–Crippen LogP) is 0.0205. The lowest BCUT2D eigenvalue weighted by Gasteiger charge is -1.90. The molecule has 0 fully saturated rings. The van der Waals surface area contributed by atoms with Gasteiger partial charge in [-0.05, 0) is 12.5 Å². The van der Waals surface area contributed by atoms with Gasteiger partial charge >= 0.3 is 0 Å². The lowest BCUT2D eigenvalue weighted by molar-refractivity contribution is -0.113. The molecular weight excluding hydrogens is 146 g/mol. The van der Waals surface area contributed by atoms with Crippen LogP contribution in [0.25, 0.3) is 0 Å². The Morgan fingerprint density at radius 1 is 1.82 bits per heavy atom. The van der Waals surface area contributed by atoms with Gasteiger partial charge in [-0.2, -0.15) is 0 Å². The number of ether oxygens (including phenoxy) is 1. The van der Waals surface area contributed by atoms with Crippen LogP contribution in [0.4, 0.5) is 0 Å². The second kappa shape index (κ2) is 11.9. The number of carbonyl (C=O) groups is 1. The molecule has 11 heavy (non-hydrogen) atoms. The van der Waals surface area contributed by atoms with Gasteiger partial charge in [-0.25, -0.2) is 0 Å². The Hall–Kier alpha value is -0.870. The Bertz CT molecular complexity index is 99.9. The van der Waals surface area contributed by atoms with Gasteiger partial charge in [0.2, 0.25) is 5.91 Å². The summed E-state index contributed by atoms with van der Waals surface area (Å²) in [5, 5.41) is 7.98. The van der Waals surface area contributed by atoms with E-state index >= 15 is 0 Å². The summed E-state index contributed by atoms with van der Waals surface area (Å²) >= 11 is 0. The molecular formula is C7H15NO3. The molecule has 0 aliphatic carbocycles. The molecule has 3 N–H and O–H groups in total. The first kappa shape index (κ1) is 12.8. The fourth-order valence-corrected chi connectivity index (χ4v) is 0.209. The first-order valence-corrected chi connectivity index (χ1v) is 3.29. The van der Waals surface area contributed by atoms with Gasteiger partial charge in [-0.3, -0.25) is 4.79 Å². The molecule has 0 bridgehead atoms. The van der Waals surface area contributed by atoms with Crippen molar-refractivity contribution in [2.75, 3.05) is 13.4 Å². The molecule has 0 aliphatic heterocycles. The lowest BCUT2D eigenvalue weighted by atomic mass is 10.5. The van der Waals surface area contributed by atoms with Crippen molar-refractivity contribution in [1.82, 2.24) is 0 Å². The third kappa shape index (κ3) is 27.2. The molecule has 4 heteroatoms. The number of primary amides is 1. The minimum absolute atomic E-state index is 0.145. The topological polar surface area (TPSA) is 72.6 Å². The maximum absolute atomic E-state index is 9.47. The number of rotatable bonds is 4. The highest BCUT2D eigenvalue weighted by Crippen LogP contribution is 1.74. The maximum atomic E-state index is 9.47. The smallest absolute Gasteiger partial charge is 0.240 e. The van der Waals surface area contributed by atoms with E-state index < -0.39 is 5.91 Å². The Kier molecular flexibility index (Phi) is 13.8. The van der Waals surface area contributed by atoms with Crippen LogP contribution in [0.5, 0.6) is 0 Å². The Morgan fingerprint density at radius 3 is 2.36 bits per heavy atom. The number of aliphatic hydroxyl groups excluding tert-OH is 1. The molecule has 0 unspecified atom stereocenters. The average molecular weight is 161 g/mol. The largest absolute Gasteiger partial charge is 0.371 e. The van der Waals surface area contributed by atoms with Gasteiger partial charge in [0.15, 0.2) is 0 Å². The Morgan fingerprint density at radius 2 is 2.27 bits per heavy atom. The summed E-state index contributed by atoms with van der Waals surface area (Å²) in [7, 11) is 0. The summed E-state index contributed by atoms with van der Waals surface area (Å²) in [6, 6.07) is 0. The van der Waals surface area contributed by atoms with Crippen LogP contribution in [0.1, 0.15) is 13.3 Å². The molecule has 0 atom stereocenters. The molecule has 0 heterocycles. The van der Waals surface area contributed by atoms with Crippen LogP contribution in [-0.4, -0.2) is 24.4 Å². The number of carbonyl (C=O) groups excluding carboxylic acids is 1. The first-order valence-electron chi connectivity index (χ1n) is 3.29. The standard InChI is InChI=1S/C4H10O2.C3H5NO/c1-2-3-6-4-5;1-2-3(4)5/h5H,2-4H2,1H3;2H,1H2,(H2,4,5). The van der Waals surface area contributed by atoms with E-state index in [9.17, 15) is 4.79 Å². The fourth-order valence-electron chi connectivity index (χ4n) is 0.209. The van der Waals surface area contributed by atoms with Crippen LogP contribution in [0, 0.1) is 0 Å². The van der Waals surface area contributed by atoms with Crippen LogP contribution in [0.15, 0.2) is 12.7 Å². The molecule has 0 radical (unpaired) electrons. The van der Waals surface area contributed by atoms with Crippen molar-refractivity contribution in [3.63, 3.8) is 0 Å². The van der Waals surface area contributed by atoms with Crippen LogP contribution in [0.2, 0.25) is 0 Å². The van der Waals surface area contributed by atoms with Crippen molar-refractivity contribution in [2.45, 2.75) is 13.3 Å². The number of aliphatic hydroxyl groups is 1. The summed E-state index contributed by atoms with van der Waals surface area (Å²) in [6.45, 7) is 5.60. The van der Waals surface area contributed by atoms with Gasteiger partial charge in [0, 0.05) is 6.61 Å². The fraction of sp³-hybridized carbons (Fsp3) is 0.571. The van der Waals surface area contributed by atoms with Crippen molar-refractivity contribution in [2.24, 2.45) is 5.73 Å². The molecule has 0 aromatic carbocycles. The van der Waals surface area contributed by atoms with E-state index in [2.05, 4.69) is 17.0 Å². The van der Waals surface area contributed by atoms with Gasteiger partial charge in [0.1, 0.15) is 6.79 Å². The van der Waals surface area contributed by atoms with Crippen LogP contribution in [-0.2, 0) is 9.53 Å². The summed E-state index contributed by atoms with van der Waals surface area (Å²) in [6.07, 6.45) is 2.03. The maximum Gasteiger partial charge on any atom is 0.240 e. The highest BCUT2D eigenvalue weighted by Gasteiger charge is 1.73. The SMILES string of the molecule is C=CC(N)=O.CCCOCO. The van der Waals surface area contributed by atoms with Gasteiger partial charge in [-0.15, -0.1) is 0 Å². The zero-order valence-corrected chi connectivity index (χ0v) is 6.75. The minimum Gasteiger partial charge on any atom is -0.371 e. The number of hydrogen-bond donors (Lipinski definition) is 2. The molecule has 0 aromatic heterocycles. The predicted molar refractivity (Wildman–Crippen MR) is 42.7 cm³/mol. The normalized spacial score (nSPS) is 7.82. The van der Waals surface area contributed by atoms with Crippen molar-refractivity contribution in [3.05, 3.63) is 12.7 Å². The van der Waals surface area contributed by atoms with Crippen LogP contribution < -0.4 is 5.73 Å². The summed E-state index contributed by atoms with van der Waals surface area (Å²) in [5.41, 5.74) is 4.53. The van der Waals surface area contributed by atoms with E-state index in [0.717, 1.165) is 12.5 Å². The average Bonchev–Trinajstić information content (AvgIpc) is 2.02. The van der Waals surface area contributed by atoms with E-state index in [1.807, 2.05) is 6.92 Å². The van der Waals surface area contributed by atoms with Gasteiger partial charge < -0.3 is 15.6 Å². The second-order valence-corrected chi connectivity index (χ2v) is 1.64. The van der Waals surface area contributed by atoms with Crippen molar-refractivity contribution >= 4 is 5.91 Å². The second-order valence-electron chi connectivity index (χ2n) is 1.64. The molecule has 4 nitrogen and oxygen atoms in total. The van der Waals surface area contributed by atoms with Crippen molar-refractivity contribution in [1.29, 1.82) is 0 Å². The Labute approximate surface area is 66.7 Å². The highest BCUT2D eigenvalue weighted by atomic mass is 16.6. The van der Waals surface area contributed by atoms with E-state index in [1.54, 1.807) is 0 Å². The van der Waals surface area contributed by atoms with E-state index in [1.165, 1.54) is 0 Å². The van der Waals surface area contributed by atoms with Gasteiger partial charge in [-0.1, -0.05) is 13.5 Å². The van der Waals surface area contributed by atoms with Crippen LogP contribution >= 0.6 is 0 Å². The summed E-state index contributed by atoms with van der Waals surface area (Å²) < 4.78 is 4.54. The summed E-state index contributed by atoms with van der Waals surface area (Å²) in [4.78, 5) is 9.47. The van der Waals surface area contributed by atoms with E-state index in [4.69, 9.17) is 5.11 Å². The monoisotopic (exact) mass is 161 g/mol. The molecule has 1 amide bonds. The molecule has 0 spiro atoms. The lowest BCUT2D eigenvalue weighted by Crippen LogP contribution is -2.04. The molecule has 0 saturated carbocycles. The zero-order chi connectivity index (χ0) is 9.11. The van der Waals surface area contributed by atoms with Crippen molar-refractivity contribution < 1.29 is 14.6 Å². The van der Waals surface area contributed by atoms with Crippen molar-refractivity contribution in [3.8, 4) is 0 Å². The molecule has 0 saturated heterocycles. The molecule has 0 aromatic rings. The van der Waals surface area contributed by atoms with Gasteiger partial charge in [0.25, 0.3) is 0 Å².